The highest BCUT2D eigenvalue weighted by atomic mass is 127. The van der Waals surface area contributed by atoms with Crippen molar-refractivity contribution in [2.24, 2.45) is 0 Å². The molecule has 1 heterocycles. The lowest BCUT2D eigenvalue weighted by Gasteiger charge is -2.07. The van der Waals surface area contributed by atoms with Gasteiger partial charge in [0.05, 0.1) is 6.42 Å². The predicted octanol–water partition coefficient (Wildman–Crippen LogP) is 1.13. The average Bonchev–Trinajstić information content (AvgIpc) is 2.51. The van der Waals surface area contributed by atoms with Crippen LogP contribution in [0.1, 0.15) is 24.6 Å². The van der Waals surface area contributed by atoms with Gasteiger partial charge < -0.3 is 24.0 Å². The summed E-state index contributed by atoms with van der Waals surface area (Å²) in [5.74, 6) is 0. The maximum Gasteiger partial charge on any atom is 0.193 e. The molecule has 0 unspecified atom stereocenters. The van der Waals surface area contributed by atoms with Crippen molar-refractivity contribution in [3.8, 4) is 0 Å². The molecule has 21 heavy (non-hydrogen) atoms. The Morgan fingerprint density at radius 2 is 1.57 bits per heavy atom. The molecule has 0 aliphatic carbocycles. The zero-order valence-corrected chi connectivity index (χ0v) is 14.5. The molecule has 0 amide bonds. The van der Waals surface area contributed by atoms with Crippen LogP contribution in [0.25, 0.3) is 10.8 Å². The van der Waals surface area contributed by atoms with E-state index in [1.54, 1.807) is 0 Å². The SMILES string of the molecule is CCC[n+]1ccc2ccccc2c1Cc1ccccc1.[I-]. The Kier molecular flexibility index (Phi) is 5.74. The van der Waals surface area contributed by atoms with E-state index in [1.807, 2.05) is 0 Å². The number of halogens is 1. The standard InChI is InChI=1S/C19H20N.HI/c1-2-13-20-14-12-17-10-6-7-11-18(17)19(20)15-16-8-4-3-5-9-16;/h3-12,14H,2,13,15H2,1H3;1H/q+1;/p-1. The van der Waals surface area contributed by atoms with Crippen molar-refractivity contribution < 1.29 is 28.5 Å². The molecule has 0 spiro atoms. The first kappa shape index (κ1) is 16.0. The van der Waals surface area contributed by atoms with Gasteiger partial charge >= 0.3 is 0 Å². The third-order valence-electron chi connectivity index (χ3n) is 3.73. The van der Waals surface area contributed by atoms with Crippen molar-refractivity contribution in [2.75, 3.05) is 0 Å². The highest BCUT2D eigenvalue weighted by molar-refractivity contribution is 5.83. The van der Waals surface area contributed by atoms with Gasteiger partial charge in [-0.25, -0.2) is 4.57 Å². The third-order valence-corrected chi connectivity index (χ3v) is 3.73. The monoisotopic (exact) mass is 389 g/mol. The minimum absolute atomic E-state index is 0. The molecule has 2 aromatic carbocycles. The van der Waals surface area contributed by atoms with Gasteiger partial charge in [0.15, 0.2) is 11.9 Å². The summed E-state index contributed by atoms with van der Waals surface area (Å²) in [7, 11) is 0. The molecule has 0 fully saturated rings. The highest BCUT2D eigenvalue weighted by Gasteiger charge is 2.14. The Bertz CT molecular complexity index is 707. The largest absolute Gasteiger partial charge is 1.00 e. The van der Waals surface area contributed by atoms with E-state index in [0.29, 0.717) is 0 Å². The van der Waals surface area contributed by atoms with Crippen LogP contribution >= 0.6 is 0 Å². The van der Waals surface area contributed by atoms with Gasteiger partial charge in [0, 0.05) is 17.9 Å². The average molecular weight is 389 g/mol. The molecule has 0 N–H and O–H groups in total. The molecule has 1 aromatic heterocycles. The van der Waals surface area contributed by atoms with Crippen LogP contribution in [-0.2, 0) is 13.0 Å². The van der Waals surface area contributed by atoms with Crippen LogP contribution in [-0.4, -0.2) is 0 Å². The van der Waals surface area contributed by atoms with Gasteiger partial charge in [-0.3, -0.25) is 0 Å². The summed E-state index contributed by atoms with van der Waals surface area (Å²) in [4.78, 5) is 0. The fraction of sp³-hybridized carbons (Fsp3) is 0.211. The van der Waals surface area contributed by atoms with Gasteiger partial charge in [-0.1, -0.05) is 55.5 Å². The van der Waals surface area contributed by atoms with E-state index < -0.39 is 0 Å². The van der Waals surface area contributed by atoms with Crippen molar-refractivity contribution in [3.05, 3.63) is 78.1 Å². The van der Waals surface area contributed by atoms with E-state index in [4.69, 9.17) is 0 Å². The Morgan fingerprint density at radius 1 is 0.857 bits per heavy atom. The maximum atomic E-state index is 2.40. The summed E-state index contributed by atoms with van der Waals surface area (Å²) in [5.41, 5.74) is 2.78. The number of rotatable bonds is 4. The molecule has 3 aromatic rings. The molecule has 3 rings (SSSR count). The molecule has 0 aliphatic heterocycles. The van der Waals surface area contributed by atoms with Gasteiger partial charge in [0.1, 0.15) is 6.54 Å². The van der Waals surface area contributed by atoms with E-state index in [1.165, 1.54) is 22.0 Å². The number of hydrogen-bond acceptors (Lipinski definition) is 0. The molecular weight excluding hydrogens is 369 g/mol. The fourth-order valence-electron chi connectivity index (χ4n) is 2.76. The lowest BCUT2D eigenvalue weighted by Crippen LogP contribution is -3.00. The third kappa shape index (κ3) is 3.62. The summed E-state index contributed by atoms with van der Waals surface area (Å²) in [5, 5.41) is 2.69. The zero-order chi connectivity index (χ0) is 13.8. The fourth-order valence-corrected chi connectivity index (χ4v) is 2.76. The molecule has 0 radical (unpaired) electrons. The van der Waals surface area contributed by atoms with Crippen LogP contribution in [0, 0.1) is 0 Å². The molecule has 108 valence electrons. The Morgan fingerprint density at radius 3 is 2.33 bits per heavy atom. The first-order chi connectivity index (χ1) is 9.88. The molecule has 0 saturated heterocycles. The number of pyridine rings is 1. The molecule has 0 aliphatic rings. The van der Waals surface area contributed by atoms with Gasteiger partial charge in [-0.2, -0.15) is 0 Å². The van der Waals surface area contributed by atoms with Gasteiger partial charge in [-0.05, 0) is 17.0 Å². The smallest absolute Gasteiger partial charge is 0.193 e. The molecular formula is C19H20IN. The second kappa shape index (κ2) is 7.55. The van der Waals surface area contributed by atoms with Crippen LogP contribution in [0.2, 0.25) is 0 Å². The van der Waals surface area contributed by atoms with Gasteiger partial charge in [0.25, 0.3) is 0 Å². The van der Waals surface area contributed by atoms with E-state index >= 15 is 0 Å². The number of hydrogen-bond donors (Lipinski definition) is 0. The summed E-state index contributed by atoms with van der Waals surface area (Å²) in [6.45, 7) is 3.31. The van der Waals surface area contributed by atoms with Crippen LogP contribution in [0.5, 0.6) is 0 Å². The Balaban J connectivity index is 0.00000161. The lowest BCUT2D eigenvalue weighted by atomic mass is 10.0. The van der Waals surface area contributed by atoms with Crippen molar-refractivity contribution >= 4 is 10.8 Å². The van der Waals surface area contributed by atoms with Crippen LogP contribution in [0.3, 0.4) is 0 Å². The summed E-state index contributed by atoms with van der Waals surface area (Å²) in [6.07, 6.45) is 4.37. The normalized spacial score (nSPS) is 10.3. The minimum atomic E-state index is 0. The topological polar surface area (TPSA) is 3.88 Å². The summed E-state index contributed by atoms with van der Waals surface area (Å²) in [6, 6.07) is 21.6. The second-order valence-corrected chi connectivity index (χ2v) is 5.21. The van der Waals surface area contributed by atoms with Crippen LogP contribution in [0.15, 0.2) is 66.9 Å². The number of benzene rings is 2. The van der Waals surface area contributed by atoms with E-state index in [0.717, 1.165) is 19.4 Å². The highest BCUT2D eigenvalue weighted by Crippen LogP contribution is 2.18. The summed E-state index contributed by atoms with van der Waals surface area (Å²) < 4.78 is 2.40. The van der Waals surface area contributed by atoms with Gasteiger partial charge in [0.2, 0.25) is 0 Å². The van der Waals surface area contributed by atoms with Crippen LogP contribution < -0.4 is 28.5 Å². The molecule has 2 heteroatoms. The first-order valence-electron chi connectivity index (χ1n) is 7.32. The molecule has 0 saturated carbocycles. The van der Waals surface area contributed by atoms with E-state index in [2.05, 4.69) is 78.4 Å². The number of aryl methyl sites for hydroxylation is 1. The Hall–Kier alpha value is -1.42. The van der Waals surface area contributed by atoms with Gasteiger partial charge in [-0.15, -0.1) is 0 Å². The molecule has 0 bridgehead atoms. The second-order valence-electron chi connectivity index (χ2n) is 5.21. The quantitative estimate of drug-likeness (QED) is 0.466. The number of fused-ring (bicyclic) bond motifs is 1. The number of nitrogens with zero attached hydrogens (tertiary/aromatic N) is 1. The summed E-state index contributed by atoms with van der Waals surface area (Å²) >= 11 is 0. The predicted molar refractivity (Wildman–Crippen MR) is 83.7 cm³/mol. The van der Waals surface area contributed by atoms with Crippen molar-refractivity contribution in [2.45, 2.75) is 26.3 Å². The first-order valence-corrected chi connectivity index (χ1v) is 7.32. The van der Waals surface area contributed by atoms with E-state index in [-0.39, 0.29) is 24.0 Å². The molecule has 1 nitrogen and oxygen atoms in total. The van der Waals surface area contributed by atoms with Crippen molar-refractivity contribution in [1.82, 2.24) is 0 Å². The zero-order valence-electron chi connectivity index (χ0n) is 12.3. The lowest BCUT2D eigenvalue weighted by molar-refractivity contribution is -0.702. The van der Waals surface area contributed by atoms with Crippen molar-refractivity contribution in [3.63, 3.8) is 0 Å². The van der Waals surface area contributed by atoms with E-state index in [9.17, 15) is 0 Å². The minimum Gasteiger partial charge on any atom is -1.00 e. The van der Waals surface area contributed by atoms with Crippen LogP contribution in [0.4, 0.5) is 0 Å². The maximum absolute atomic E-state index is 2.40. The molecule has 0 atom stereocenters. The van der Waals surface area contributed by atoms with Crippen molar-refractivity contribution in [1.29, 1.82) is 0 Å². The Labute approximate surface area is 143 Å². The number of aromatic nitrogens is 1.